The van der Waals surface area contributed by atoms with Crippen molar-refractivity contribution in [1.29, 1.82) is 0 Å². The van der Waals surface area contributed by atoms with Crippen molar-refractivity contribution < 1.29 is 22.7 Å². The number of sulfonamides is 1. The molecule has 4 aromatic rings. The Hall–Kier alpha value is -3.61. The number of carbonyl (C=O) groups excluding carboxylic acids is 1. The molecule has 1 N–H and O–H groups in total. The predicted molar refractivity (Wildman–Crippen MR) is 138 cm³/mol. The van der Waals surface area contributed by atoms with Crippen molar-refractivity contribution in [2.24, 2.45) is 5.92 Å². The lowest BCUT2D eigenvalue weighted by molar-refractivity contribution is -0.118. The van der Waals surface area contributed by atoms with E-state index in [4.69, 9.17) is 9.47 Å². The third-order valence-corrected chi connectivity index (χ3v) is 8.03. The molecule has 1 aliphatic heterocycles. The Kier molecular flexibility index (Phi) is 7.04. The second-order valence-electron chi connectivity index (χ2n) is 8.96. The Balaban J connectivity index is 1.55. The van der Waals surface area contributed by atoms with Gasteiger partial charge in [0.05, 0.1) is 30.2 Å². The van der Waals surface area contributed by atoms with Gasteiger partial charge in [0.1, 0.15) is 17.9 Å². The van der Waals surface area contributed by atoms with Crippen LogP contribution in [0.25, 0.3) is 22.1 Å². The first-order chi connectivity index (χ1) is 17.8. The number of nitrogens with one attached hydrogen (secondary N) is 1. The zero-order valence-electron chi connectivity index (χ0n) is 20.6. The Bertz CT molecular complexity index is 1530. The lowest BCUT2D eigenvalue weighted by atomic mass is 10.2. The Morgan fingerprint density at radius 3 is 2.59 bits per heavy atom. The molecular weight excluding hydrogens is 496 g/mol. The van der Waals surface area contributed by atoms with Crippen molar-refractivity contribution in [2.75, 3.05) is 38.2 Å². The Labute approximate surface area is 214 Å². The number of para-hydroxylation sites is 1. The average molecular weight is 525 g/mol. The van der Waals surface area contributed by atoms with E-state index < -0.39 is 10.0 Å². The third kappa shape index (κ3) is 5.13. The summed E-state index contributed by atoms with van der Waals surface area (Å²) >= 11 is 0. The van der Waals surface area contributed by atoms with Crippen LogP contribution in [0.4, 0.5) is 5.95 Å². The van der Waals surface area contributed by atoms with Gasteiger partial charge in [0.2, 0.25) is 15.9 Å². The van der Waals surface area contributed by atoms with Gasteiger partial charge < -0.3 is 14.0 Å². The molecule has 12 heteroatoms. The van der Waals surface area contributed by atoms with Crippen LogP contribution in [0.1, 0.15) is 13.8 Å². The molecule has 0 unspecified atom stereocenters. The predicted octanol–water partition coefficient (Wildman–Crippen LogP) is 2.67. The van der Waals surface area contributed by atoms with Gasteiger partial charge in [-0.2, -0.15) is 9.29 Å². The number of morpholine rings is 1. The minimum atomic E-state index is -3.71. The highest BCUT2D eigenvalue weighted by Crippen LogP contribution is 2.30. The van der Waals surface area contributed by atoms with E-state index in [-0.39, 0.29) is 22.7 Å². The van der Waals surface area contributed by atoms with Gasteiger partial charge in [-0.3, -0.25) is 10.1 Å². The van der Waals surface area contributed by atoms with E-state index in [9.17, 15) is 13.2 Å². The number of anilines is 1. The summed E-state index contributed by atoms with van der Waals surface area (Å²) in [7, 11) is -3.71. The smallest absolute Gasteiger partial charge is 0.251 e. The molecule has 2 aromatic heterocycles. The fourth-order valence-electron chi connectivity index (χ4n) is 4.14. The summed E-state index contributed by atoms with van der Waals surface area (Å²) < 4.78 is 41.1. The van der Waals surface area contributed by atoms with Crippen molar-refractivity contribution in [3.8, 4) is 5.75 Å². The van der Waals surface area contributed by atoms with Crippen LogP contribution in [0.2, 0.25) is 0 Å². The fourth-order valence-corrected chi connectivity index (χ4v) is 5.57. The summed E-state index contributed by atoms with van der Waals surface area (Å²) in [6.45, 7) is 5.64. The minimum absolute atomic E-state index is 0.0837. The van der Waals surface area contributed by atoms with Crippen molar-refractivity contribution >= 4 is 43.9 Å². The van der Waals surface area contributed by atoms with Crippen LogP contribution < -0.4 is 10.1 Å². The van der Waals surface area contributed by atoms with Gasteiger partial charge in [-0.25, -0.2) is 8.42 Å². The molecule has 0 atom stereocenters. The number of benzene rings is 2. The number of hydrogen-bond acceptors (Lipinski definition) is 8. The first-order valence-corrected chi connectivity index (χ1v) is 13.5. The summed E-state index contributed by atoms with van der Waals surface area (Å²) in [6.07, 6.45) is 0. The number of amides is 1. The van der Waals surface area contributed by atoms with Gasteiger partial charge >= 0.3 is 0 Å². The zero-order valence-corrected chi connectivity index (χ0v) is 21.4. The van der Waals surface area contributed by atoms with Crippen LogP contribution in [-0.2, 0) is 26.1 Å². The second-order valence-corrected chi connectivity index (χ2v) is 10.9. The van der Waals surface area contributed by atoms with E-state index in [1.807, 2.05) is 34.9 Å². The van der Waals surface area contributed by atoms with Crippen LogP contribution in [0.15, 0.2) is 53.4 Å². The Morgan fingerprint density at radius 1 is 1.11 bits per heavy atom. The molecule has 1 fully saturated rings. The molecule has 0 saturated carbocycles. The lowest BCUT2D eigenvalue weighted by Gasteiger charge is -2.26. The third-order valence-electron chi connectivity index (χ3n) is 6.13. The van der Waals surface area contributed by atoms with Crippen molar-refractivity contribution in [3.63, 3.8) is 0 Å². The molecule has 1 amide bonds. The van der Waals surface area contributed by atoms with E-state index in [0.717, 1.165) is 11.3 Å². The lowest BCUT2D eigenvalue weighted by Crippen LogP contribution is -2.40. The maximum Gasteiger partial charge on any atom is 0.251 e. The topological polar surface area (TPSA) is 129 Å². The number of aromatic nitrogens is 4. The normalized spacial score (nSPS) is 14.9. The second kappa shape index (κ2) is 10.4. The van der Waals surface area contributed by atoms with Crippen LogP contribution in [-0.4, -0.2) is 71.3 Å². The van der Waals surface area contributed by atoms with Crippen molar-refractivity contribution in [3.05, 3.63) is 48.5 Å². The van der Waals surface area contributed by atoms with E-state index in [1.165, 1.54) is 4.31 Å². The maximum absolute atomic E-state index is 13.3. The monoisotopic (exact) mass is 524 g/mol. The standard InChI is InChI=1S/C25H28N6O5S/c1-17(2)24(32)27-25-26-23-22(28-29-25)20-16-19(37(33,34)30-10-13-35-14-11-30)8-9-21(20)31(23)12-15-36-18-6-4-3-5-7-18/h3-9,16-17H,10-15H2,1-2H3,(H,26,27,29,32). The minimum Gasteiger partial charge on any atom is -0.492 e. The summed E-state index contributed by atoms with van der Waals surface area (Å²) in [5.74, 6) is 0.340. The van der Waals surface area contributed by atoms with E-state index >= 15 is 0 Å². The number of nitrogens with zero attached hydrogens (tertiary/aromatic N) is 5. The van der Waals surface area contributed by atoms with Crippen LogP contribution in [0.3, 0.4) is 0 Å². The van der Waals surface area contributed by atoms with Crippen LogP contribution in [0, 0.1) is 5.92 Å². The molecule has 0 aliphatic carbocycles. The largest absolute Gasteiger partial charge is 0.492 e. The summed E-state index contributed by atoms with van der Waals surface area (Å²) in [4.78, 5) is 16.9. The Morgan fingerprint density at radius 2 is 1.86 bits per heavy atom. The molecule has 2 aromatic carbocycles. The molecule has 5 rings (SSSR count). The van der Waals surface area contributed by atoms with E-state index in [0.29, 0.717) is 56.0 Å². The highest BCUT2D eigenvalue weighted by molar-refractivity contribution is 7.89. The number of carbonyl (C=O) groups is 1. The summed E-state index contributed by atoms with van der Waals surface area (Å²) in [5, 5.41) is 11.7. The highest BCUT2D eigenvalue weighted by atomic mass is 32.2. The molecule has 1 aliphatic rings. The molecule has 0 radical (unpaired) electrons. The van der Waals surface area contributed by atoms with E-state index in [2.05, 4.69) is 20.5 Å². The number of ether oxygens (including phenoxy) is 2. The SMILES string of the molecule is CC(C)C(=O)Nc1nnc2c3cc(S(=O)(=O)N4CCOCC4)ccc3n(CCOc3ccccc3)c2n1. The number of hydrogen-bond donors (Lipinski definition) is 1. The first-order valence-electron chi connectivity index (χ1n) is 12.1. The molecule has 1 saturated heterocycles. The van der Waals surface area contributed by atoms with E-state index in [1.54, 1.807) is 32.0 Å². The molecule has 0 bridgehead atoms. The van der Waals surface area contributed by atoms with Gasteiger partial charge in [-0.1, -0.05) is 32.0 Å². The van der Waals surface area contributed by atoms with Crippen molar-refractivity contribution in [2.45, 2.75) is 25.3 Å². The number of rotatable bonds is 8. The quantitative estimate of drug-likeness (QED) is 0.373. The van der Waals surface area contributed by atoms with Gasteiger partial charge in [0.15, 0.2) is 5.65 Å². The first kappa shape index (κ1) is 25.1. The van der Waals surface area contributed by atoms with Crippen LogP contribution in [0.5, 0.6) is 5.75 Å². The fraction of sp³-hybridized carbons (Fsp3) is 0.360. The molecule has 194 valence electrons. The average Bonchev–Trinajstić information content (AvgIpc) is 3.22. The molecule has 37 heavy (non-hydrogen) atoms. The van der Waals surface area contributed by atoms with Crippen LogP contribution >= 0.6 is 0 Å². The molecule has 0 spiro atoms. The summed E-state index contributed by atoms with van der Waals surface area (Å²) in [5.41, 5.74) is 1.65. The van der Waals surface area contributed by atoms with Gasteiger partial charge in [0, 0.05) is 24.4 Å². The van der Waals surface area contributed by atoms with Gasteiger partial charge in [-0.15, -0.1) is 10.2 Å². The van der Waals surface area contributed by atoms with Gasteiger partial charge in [0.25, 0.3) is 5.95 Å². The van der Waals surface area contributed by atoms with Gasteiger partial charge in [-0.05, 0) is 30.3 Å². The van der Waals surface area contributed by atoms with Crippen molar-refractivity contribution in [1.82, 2.24) is 24.1 Å². The molecular formula is C25H28N6O5S. The summed E-state index contributed by atoms with van der Waals surface area (Å²) in [6, 6.07) is 14.4. The highest BCUT2D eigenvalue weighted by Gasteiger charge is 2.27. The zero-order chi connectivity index (χ0) is 26.0. The molecule has 11 nitrogen and oxygen atoms in total. The number of fused-ring (bicyclic) bond motifs is 3. The maximum atomic E-state index is 13.3. The molecule has 3 heterocycles.